The maximum atomic E-state index is 5.48. The Kier molecular flexibility index (Phi) is 5.84. The third kappa shape index (κ3) is 3.87. The van der Waals surface area contributed by atoms with Crippen molar-refractivity contribution < 1.29 is 4.74 Å². The van der Waals surface area contributed by atoms with Gasteiger partial charge in [-0.1, -0.05) is 5.57 Å². The summed E-state index contributed by atoms with van der Waals surface area (Å²) in [5.74, 6) is 0. The monoisotopic (exact) mass is 333 g/mol. The Bertz CT molecular complexity index is 540. The fourth-order valence-corrected chi connectivity index (χ4v) is 4.32. The quantitative estimate of drug-likeness (QED) is 0.708. The first-order valence-corrected chi connectivity index (χ1v) is 9.84. The zero-order chi connectivity index (χ0) is 15.2. The van der Waals surface area contributed by atoms with E-state index >= 15 is 0 Å². The van der Waals surface area contributed by atoms with E-state index in [0.717, 1.165) is 32.8 Å². The number of thiophene rings is 2. The van der Waals surface area contributed by atoms with Gasteiger partial charge in [-0.2, -0.15) is 22.7 Å². The first-order valence-electron chi connectivity index (χ1n) is 7.95. The second-order valence-corrected chi connectivity index (χ2v) is 7.10. The lowest BCUT2D eigenvalue weighted by Gasteiger charge is -2.29. The van der Waals surface area contributed by atoms with E-state index in [0.29, 0.717) is 0 Å². The Labute approximate surface area is 141 Å². The number of hydrogen-bond acceptors (Lipinski definition) is 4. The second-order valence-electron chi connectivity index (χ2n) is 5.54. The van der Waals surface area contributed by atoms with Crippen LogP contribution in [0.1, 0.15) is 30.9 Å². The molecular formula is C18H23NOS2. The average Bonchev–Trinajstić information content (AvgIpc) is 3.24. The Morgan fingerprint density at radius 2 is 1.73 bits per heavy atom. The van der Waals surface area contributed by atoms with Crippen molar-refractivity contribution in [1.29, 1.82) is 0 Å². The van der Waals surface area contributed by atoms with Crippen molar-refractivity contribution in [2.75, 3.05) is 32.8 Å². The Balaban J connectivity index is 1.73. The number of piperidine rings is 1. The summed E-state index contributed by atoms with van der Waals surface area (Å²) in [6.07, 6.45) is 2.35. The fourth-order valence-electron chi connectivity index (χ4n) is 3.02. The number of likely N-dealkylation sites (tertiary alicyclic amines) is 1. The van der Waals surface area contributed by atoms with Gasteiger partial charge in [0.25, 0.3) is 0 Å². The molecule has 1 aliphatic rings. The Hall–Kier alpha value is -0.940. The van der Waals surface area contributed by atoms with E-state index in [1.807, 2.05) is 0 Å². The standard InChI is InChI=1S/C18H23NOS2/c1-2-20-10-9-19-7-3-15(4-8-19)18(16-5-11-21-13-16)17-6-12-22-14-17/h5-6,11-14H,2-4,7-10H2,1H3. The normalized spacial score (nSPS) is 16.1. The third-order valence-electron chi connectivity index (χ3n) is 4.19. The SMILES string of the molecule is CCOCCN1CCC(=C(c2ccsc2)c2ccsc2)CC1. The summed E-state index contributed by atoms with van der Waals surface area (Å²) in [5, 5.41) is 8.92. The Morgan fingerprint density at radius 3 is 2.23 bits per heavy atom. The van der Waals surface area contributed by atoms with E-state index in [1.54, 1.807) is 28.2 Å². The first-order chi connectivity index (χ1) is 10.9. The lowest BCUT2D eigenvalue weighted by molar-refractivity contribution is 0.110. The summed E-state index contributed by atoms with van der Waals surface area (Å²) in [4.78, 5) is 2.53. The predicted molar refractivity (Wildman–Crippen MR) is 96.8 cm³/mol. The van der Waals surface area contributed by atoms with Crippen LogP contribution in [-0.2, 0) is 4.74 Å². The molecule has 3 rings (SSSR count). The molecule has 1 aliphatic heterocycles. The summed E-state index contributed by atoms with van der Waals surface area (Å²) in [6.45, 7) is 7.11. The summed E-state index contributed by atoms with van der Waals surface area (Å²) in [5.41, 5.74) is 5.87. The zero-order valence-electron chi connectivity index (χ0n) is 13.1. The third-order valence-corrected chi connectivity index (χ3v) is 5.56. The van der Waals surface area contributed by atoms with E-state index in [2.05, 4.69) is 45.5 Å². The lowest BCUT2D eigenvalue weighted by Crippen LogP contribution is -2.33. The van der Waals surface area contributed by atoms with Crippen molar-refractivity contribution in [2.45, 2.75) is 19.8 Å². The molecule has 118 valence electrons. The highest BCUT2D eigenvalue weighted by Gasteiger charge is 2.19. The molecule has 0 unspecified atom stereocenters. The molecule has 3 heterocycles. The van der Waals surface area contributed by atoms with Gasteiger partial charge in [0.1, 0.15) is 0 Å². The van der Waals surface area contributed by atoms with Gasteiger partial charge < -0.3 is 9.64 Å². The van der Waals surface area contributed by atoms with Crippen molar-refractivity contribution in [3.05, 3.63) is 50.4 Å². The highest BCUT2D eigenvalue weighted by atomic mass is 32.1. The molecule has 22 heavy (non-hydrogen) atoms. The highest BCUT2D eigenvalue weighted by molar-refractivity contribution is 7.08. The van der Waals surface area contributed by atoms with Crippen LogP contribution in [0.5, 0.6) is 0 Å². The smallest absolute Gasteiger partial charge is 0.0593 e. The van der Waals surface area contributed by atoms with Crippen LogP contribution in [-0.4, -0.2) is 37.7 Å². The van der Waals surface area contributed by atoms with Crippen LogP contribution >= 0.6 is 22.7 Å². The molecule has 2 nitrogen and oxygen atoms in total. The van der Waals surface area contributed by atoms with Gasteiger partial charge in [-0.3, -0.25) is 0 Å². The van der Waals surface area contributed by atoms with Crippen LogP contribution in [0.3, 0.4) is 0 Å². The number of nitrogens with zero attached hydrogens (tertiary/aromatic N) is 1. The van der Waals surface area contributed by atoms with Crippen molar-refractivity contribution in [2.24, 2.45) is 0 Å². The van der Waals surface area contributed by atoms with Crippen LogP contribution in [0.15, 0.2) is 39.2 Å². The van der Waals surface area contributed by atoms with Gasteiger partial charge >= 0.3 is 0 Å². The molecular weight excluding hydrogens is 310 g/mol. The van der Waals surface area contributed by atoms with Crippen LogP contribution in [0, 0.1) is 0 Å². The van der Waals surface area contributed by atoms with Crippen LogP contribution < -0.4 is 0 Å². The van der Waals surface area contributed by atoms with Crippen LogP contribution in [0.4, 0.5) is 0 Å². The minimum absolute atomic E-state index is 0.819. The van der Waals surface area contributed by atoms with E-state index in [-0.39, 0.29) is 0 Å². The maximum Gasteiger partial charge on any atom is 0.0593 e. The minimum Gasteiger partial charge on any atom is -0.380 e. The topological polar surface area (TPSA) is 12.5 Å². The van der Waals surface area contributed by atoms with E-state index in [4.69, 9.17) is 4.74 Å². The molecule has 0 saturated carbocycles. The van der Waals surface area contributed by atoms with Crippen molar-refractivity contribution in [3.63, 3.8) is 0 Å². The van der Waals surface area contributed by atoms with Gasteiger partial charge in [0.05, 0.1) is 6.61 Å². The molecule has 2 aromatic rings. The summed E-state index contributed by atoms with van der Waals surface area (Å²) < 4.78 is 5.48. The van der Waals surface area contributed by atoms with Crippen molar-refractivity contribution in [1.82, 2.24) is 4.90 Å². The molecule has 0 radical (unpaired) electrons. The van der Waals surface area contributed by atoms with Gasteiger partial charge in [-0.25, -0.2) is 0 Å². The van der Waals surface area contributed by atoms with Crippen molar-refractivity contribution in [3.8, 4) is 0 Å². The van der Waals surface area contributed by atoms with E-state index in [1.165, 1.54) is 29.5 Å². The summed E-state index contributed by atoms with van der Waals surface area (Å²) in [6, 6.07) is 4.51. The van der Waals surface area contributed by atoms with Crippen LogP contribution in [0.25, 0.3) is 5.57 Å². The molecule has 0 atom stereocenters. The van der Waals surface area contributed by atoms with E-state index in [9.17, 15) is 0 Å². The molecule has 2 aromatic heterocycles. The number of rotatable bonds is 6. The minimum atomic E-state index is 0.819. The highest BCUT2D eigenvalue weighted by Crippen LogP contribution is 2.34. The van der Waals surface area contributed by atoms with Gasteiger partial charge in [0.15, 0.2) is 0 Å². The summed E-state index contributed by atoms with van der Waals surface area (Å²) >= 11 is 3.57. The van der Waals surface area contributed by atoms with Gasteiger partial charge in [-0.05, 0) is 70.1 Å². The zero-order valence-corrected chi connectivity index (χ0v) is 14.7. The van der Waals surface area contributed by atoms with Gasteiger partial charge in [0, 0.05) is 26.2 Å². The second kappa shape index (κ2) is 8.06. The number of ether oxygens (including phenoxy) is 1. The molecule has 0 bridgehead atoms. The molecule has 0 aromatic carbocycles. The van der Waals surface area contributed by atoms with Gasteiger partial charge in [-0.15, -0.1) is 0 Å². The molecule has 0 N–H and O–H groups in total. The van der Waals surface area contributed by atoms with Crippen molar-refractivity contribution >= 4 is 28.2 Å². The first kappa shape index (κ1) is 15.9. The molecule has 4 heteroatoms. The fraction of sp³-hybridized carbons (Fsp3) is 0.444. The van der Waals surface area contributed by atoms with Crippen LogP contribution in [0.2, 0.25) is 0 Å². The molecule has 0 spiro atoms. The van der Waals surface area contributed by atoms with Gasteiger partial charge in [0.2, 0.25) is 0 Å². The largest absolute Gasteiger partial charge is 0.380 e. The molecule has 0 aliphatic carbocycles. The maximum absolute atomic E-state index is 5.48. The molecule has 1 saturated heterocycles. The summed E-state index contributed by atoms with van der Waals surface area (Å²) in [7, 11) is 0. The predicted octanol–water partition coefficient (Wildman–Crippen LogP) is 4.74. The molecule has 0 amide bonds. The molecule has 1 fully saturated rings. The average molecular weight is 334 g/mol. The van der Waals surface area contributed by atoms with E-state index < -0.39 is 0 Å². The Morgan fingerprint density at radius 1 is 1.09 bits per heavy atom. The number of hydrogen-bond donors (Lipinski definition) is 0. The lowest BCUT2D eigenvalue weighted by atomic mass is 9.91.